The fourth-order valence-corrected chi connectivity index (χ4v) is 3.96. The van der Waals surface area contributed by atoms with Crippen LogP contribution in [0.1, 0.15) is 30.9 Å². The number of para-hydroxylation sites is 1. The first-order valence-electron chi connectivity index (χ1n) is 11.6. The highest BCUT2D eigenvalue weighted by Crippen LogP contribution is 2.19. The van der Waals surface area contributed by atoms with E-state index in [-0.39, 0.29) is 18.2 Å². The molecule has 1 unspecified atom stereocenters. The molecule has 0 aliphatic heterocycles. The van der Waals surface area contributed by atoms with Gasteiger partial charge in [0.25, 0.3) is 0 Å². The van der Waals surface area contributed by atoms with E-state index < -0.39 is 6.04 Å². The lowest BCUT2D eigenvalue weighted by atomic mass is 10.0. The Hall–Kier alpha value is -3.31. The van der Waals surface area contributed by atoms with Crippen LogP contribution in [0.15, 0.2) is 84.9 Å². The van der Waals surface area contributed by atoms with E-state index >= 15 is 0 Å². The normalized spacial score (nSPS) is 11.5. The summed E-state index contributed by atoms with van der Waals surface area (Å²) in [5, 5.41) is 3.50. The molecule has 0 saturated heterocycles. The molecule has 0 spiro atoms. The lowest BCUT2D eigenvalue weighted by Gasteiger charge is -2.31. The van der Waals surface area contributed by atoms with Crippen molar-refractivity contribution in [3.05, 3.63) is 101 Å². The Kier molecular flexibility index (Phi) is 9.98. The molecule has 5 nitrogen and oxygen atoms in total. The molecule has 0 aliphatic carbocycles. The maximum Gasteiger partial charge on any atom is 0.243 e. The molecule has 3 aromatic carbocycles. The molecule has 0 bridgehead atoms. The smallest absolute Gasteiger partial charge is 0.243 e. The van der Waals surface area contributed by atoms with E-state index in [1.807, 2.05) is 85.8 Å². The van der Waals surface area contributed by atoms with Gasteiger partial charge in [-0.3, -0.25) is 9.59 Å². The van der Waals surface area contributed by atoms with Crippen LogP contribution >= 0.6 is 11.6 Å². The molecule has 0 aromatic heterocycles. The van der Waals surface area contributed by atoms with Crippen LogP contribution in [0, 0.1) is 0 Å². The minimum atomic E-state index is -0.635. The number of amides is 2. The first-order valence-corrected chi connectivity index (χ1v) is 12.0. The average molecular weight is 479 g/mol. The fraction of sp³-hybridized carbons (Fsp3) is 0.286. The average Bonchev–Trinajstić information content (AvgIpc) is 2.85. The number of hydrogen-bond acceptors (Lipinski definition) is 3. The van der Waals surface area contributed by atoms with Gasteiger partial charge in [0.05, 0.1) is 6.61 Å². The Morgan fingerprint density at radius 2 is 1.62 bits per heavy atom. The maximum absolute atomic E-state index is 13.4. The highest BCUT2D eigenvalue weighted by atomic mass is 35.5. The number of rotatable bonds is 12. The van der Waals surface area contributed by atoms with Crippen LogP contribution in [-0.4, -0.2) is 35.9 Å². The number of carbonyl (C=O) groups is 2. The van der Waals surface area contributed by atoms with Gasteiger partial charge in [-0.15, -0.1) is 0 Å². The fourth-order valence-electron chi connectivity index (χ4n) is 3.75. The number of carbonyl (C=O) groups excluding carboxylic acids is 2. The van der Waals surface area contributed by atoms with E-state index in [9.17, 15) is 9.59 Å². The monoisotopic (exact) mass is 478 g/mol. The summed E-state index contributed by atoms with van der Waals surface area (Å²) >= 11 is 6.19. The van der Waals surface area contributed by atoms with Crippen molar-refractivity contribution in [2.75, 3.05) is 13.2 Å². The second-order valence-electron chi connectivity index (χ2n) is 8.02. The lowest BCUT2D eigenvalue weighted by Crippen LogP contribution is -2.50. The van der Waals surface area contributed by atoms with E-state index in [1.54, 1.807) is 11.0 Å². The second kappa shape index (κ2) is 13.4. The molecular formula is C28H31ClN2O3. The molecule has 1 N–H and O–H groups in total. The maximum atomic E-state index is 13.4. The number of nitrogens with one attached hydrogen (secondary N) is 1. The van der Waals surface area contributed by atoms with Crippen molar-refractivity contribution in [3.63, 3.8) is 0 Å². The number of hydrogen-bond donors (Lipinski definition) is 1. The van der Waals surface area contributed by atoms with Crippen LogP contribution in [0.4, 0.5) is 0 Å². The summed E-state index contributed by atoms with van der Waals surface area (Å²) in [6.45, 7) is 3.09. The third kappa shape index (κ3) is 7.92. The minimum Gasteiger partial charge on any atom is -0.494 e. The predicted molar refractivity (Wildman–Crippen MR) is 136 cm³/mol. The molecule has 0 radical (unpaired) electrons. The zero-order valence-corrected chi connectivity index (χ0v) is 20.2. The van der Waals surface area contributed by atoms with Gasteiger partial charge in [0.2, 0.25) is 11.8 Å². The number of halogens is 1. The quantitative estimate of drug-likeness (QED) is 0.360. The SMILES string of the molecule is CCNC(=O)C(Cc1ccccc1)N(Cc1cccc(Cl)c1)C(=O)CCCOc1ccccc1. The number of likely N-dealkylation sites (N-methyl/N-ethyl adjacent to an activating group) is 1. The van der Waals surface area contributed by atoms with Gasteiger partial charge in [-0.1, -0.05) is 72.3 Å². The van der Waals surface area contributed by atoms with Crippen molar-refractivity contribution < 1.29 is 14.3 Å². The lowest BCUT2D eigenvalue weighted by molar-refractivity contribution is -0.141. The zero-order valence-electron chi connectivity index (χ0n) is 19.5. The first kappa shape index (κ1) is 25.3. The standard InChI is InChI=1S/C28H31ClN2O3/c1-2-30-28(33)26(20-22-11-5-3-6-12-22)31(21-23-13-9-14-24(29)19-23)27(32)17-10-18-34-25-15-7-4-8-16-25/h3-9,11-16,19,26H,2,10,17-18,20-21H2,1H3,(H,30,33). The van der Waals surface area contributed by atoms with E-state index in [4.69, 9.17) is 16.3 Å². The van der Waals surface area contributed by atoms with Crippen molar-refractivity contribution in [1.29, 1.82) is 0 Å². The van der Waals surface area contributed by atoms with Crippen molar-refractivity contribution in [2.24, 2.45) is 0 Å². The summed E-state index contributed by atoms with van der Waals surface area (Å²) in [7, 11) is 0. The van der Waals surface area contributed by atoms with Crippen LogP contribution in [0.25, 0.3) is 0 Å². The van der Waals surface area contributed by atoms with Crippen LogP contribution in [0.3, 0.4) is 0 Å². The van der Waals surface area contributed by atoms with Gasteiger partial charge in [-0.25, -0.2) is 0 Å². The Morgan fingerprint density at radius 3 is 2.29 bits per heavy atom. The summed E-state index contributed by atoms with van der Waals surface area (Å²) in [4.78, 5) is 28.2. The highest BCUT2D eigenvalue weighted by Gasteiger charge is 2.29. The third-order valence-corrected chi connectivity index (χ3v) is 5.65. The van der Waals surface area contributed by atoms with Crippen molar-refractivity contribution in [3.8, 4) is 5.75 Å². The van der Waals surface area contributed by atoms with Gasteiger partial charge in [0.15, 0.2) is 0 Å². The molecule has 0 aliphatic rings. The van der Waals surface area contributed by atoms with E-state index in [0.717, 1.165) is 16.9 Å². The molecule has 1 atom stereocenters. The number of nitrogens with zero attached hydrogens (tertiary/aromatic N) is 1. The Morgan fingerprint density at radius 1 is 0.941 bits per heavy atom. The predicted octanol–water partition coefficient (Wildman–Crippen LogP) is 5.28. The first-order chi connectivity index (χ1) is 16.6. The summed E-state index contributed by atoms with van der Waals surface area (Å²) in [5.41, 5.74) is 1.87. The summed E-state index contributed by atoms with van der Waals surface area (Å²) in [6, 6.07) is 26.0. The van der Waals surface area contributed by atoms with E-state index in [0.29, 0.717) is 37.6 Å². The minimum absolute atomic E-state index is 0.0937. The van der Waals surface area contributed by atoms with Gasteiger partial charge in [-0.2, -0.15) is 0 Å². The van der Waals surface area contributed by atoms with E-state index in [2.05, 4.69) is 5.32 Å². The summed E-state index contributed by atoms with van der Waals surface area (Å²) in [5.74, 6) is 0.515. The van der Waals surface area contributed by atoms with Gasteiger partial charge >= 0.3 is 0 Å². The van der Waals surface area contributed by atoms with Crippen molar-refractivity contribution in [1.82, 2.24) is 10.2 Å². The van der Waals surface area contributed by atoms with Gasteiger partial charge in [-0.05, 0) is 48.7 Å². The topological polar surface area (TPSA) is 58.6 Å². The third-order valence-electron chi connectivity index (χ3n) is 5.41. The molecule has 2 amide bonds. The Labute approximate surface area is 206 Å². The van der Waals surface area contributed by atoms with Crippen LogP contribution in [0.2, 0.25) is 5.02 Å². The van der Waals surface area contributed by atoms with Crippen molar-refractivity contribution >= 4 is 23.4 Å². The summed E-state index contributed by atoms with van der Waals surface area (Å²) < 4.78 is 5.74. The second-order valence-corrected chi connectivity index (χ2v) is 8.45. The van der Waals surface area contributed by atoms with Gasteiger partial charge in [0, 0.05) is 31.0 Å². The molecule has 6 heteroatoms. The molecule has 0 heterocycles. The highest BCUT2D eigenvalue weighted by molar-refractivity contribution is 6.30. The van der Waals surface area contributed by atoms with Gasteiger partial charge < -0.3 is 15.0 Å². The van der Waals surface area contributed by atoms with Crippen molar-refractivity contribution in [2.45, 2.75) is 38.8 Å². The largest absolute Gasteiger partial charge is 0.494 e. The molecule has 34 heavy (non-hydrogen) atoms. The molecule has 0 saturated carbocycles. The Bertz CT molecular complexity index is 1040. The van der Waals surface area contributed by atoms with Crippen LogP contribution in [-0.2, 0) is 22.6 Å². The molecule has 3 rings (SSSR count). The number of ether oxygens (including phenoxy) is 1. The van der Waals surface area contributed by atoms with Crippen LogP contribution < -0.4 is 10.1 Å². The zero-order chi connectivity index (χ0) is 24.2. The number of benzene rings is 3. The Balaban J connectivity index is 1.77. The molecule has 178 valence electrons. The molecular weight excluding hydrogens is 448 g/mol. The van der Waals surface area contributed by atoms with Gasteiger partial charge in [0.1, 0.15) is 11.8 Å². The summed E-state index contributed by atoms with van der Waals surface area (Å²) in [6.07, 6.45) is 1.25. The van der Waals surface area contributed by atoms with E-state index in [1.165, 1.54) is 0 Å². The molecule has 0 fully saturated rings. The van der Waals surface area contributed by atoms with Crippen LogP contribution in [0.5, 0.6) is 5.75 Å². The molecule has 3 aromatic rings.